The van der Waals surface area contributed by atoms with Gasteiger partial charge in [0.25, 0.3) is 5.69 Å². The van der Waals surface area contributed by atoms with Gasteiger partial charge in [0, 0.05) is 30.0 Å². The van der Waals surface area contributed by atoms with Crippen molar-refractivity contribution in [1.29, 1.82) is 0 Å². The third kappa shape index (κ3) is 8.53. The van der Waals surface area contributed by atoms with Crippen molar-refractivity contribution in [2.75, 3.05) is 5.75 Å². The summed E-state index contributed by atoms with van der Waals surface area (Å²) in [5, 5.41) is 13.8. The van der Waals surface area contributed by atoms with Crippen molar-refractivity contribution >= 4 is 29.3 Å². The number of nitrogens with zero attached hydrogens (tertiary/aromatic N) is 2. The molecule has 2 aromatic rings. The second kappa shape index (κ2) is 11.8. The number of nitro groups is 1. The van der Waals surface area contributed by atoms with E-state index in [1.54, 1.807) is 17.0 Å². The van der Waals surface area contributed by atoms with Crippen molar-refractivity contribution in [1.82, 2.24) is 10.2 Å². The van der Waals surface area contributed by atoms with E-state index in [4.69, 9.17) is 0 Å². The lowest BCUT2D eigenvalue weighted by atomic mass is 10.1. The molecule has 0 aliphatic carbocycles. The molecular formula is C25H33N3O4S. The van der Waals surface area contributed by atoms with Crippen LogP contribution < -0.4 is 5.32 Å². The average Bonchev–Trinajstić information content (AvgIpc) is 2.72. The molecule has 1 atom stereocenters. The minimum Gasteiger partial charge on any atom is -0.350 e. The number of hydrogen-bond donors (Lipinski definition) is 1. The molecule has 0 aliphatic heterocycles. The van der Waals surface area contributed by atoms with Crippen molar-refractivity contribution in [3.8, 4) is 0 Å². The molecule has 178 valence electrons. The highest BCUT2D eigenvalue weighted by molar-refractivity contribution is 7.99. The lowest BCUT2D eigenvalue weighted by Crippen LogP contribution is -2.53. The largest absolute Gasteiger partial charge is 0.350 e. The molecule has 0 saturated carbocycles. The van der Waals surface area contributed by atoms with Gasteiger partial charge in [0.2, 0.25) is 11.8 Å². The number of thioether (sulfide) groups is 1. The Balaban J connectivity index is 2.14. The summed E-state index contributed by atoms with van der Waals surface area (Å²) in [5.41, 5.74) is 2.62. The Hall–Kier alpha value is -2.87. The van der Waals surface area contributed by atoms with E-state index in [0.29, 0.717) is 18.7 Å². The zero-order valence-electron chi connectivity index (χ0n) is 20.0. The second-order valence-electron chi connectivity index (χ2n) is 9.09. The Labute approximate surface area is 200 Å². The van der Waals surface area contributed by atoms with Crippen molar-refractivity contribution in [2.24, 2.45) is 0 Å². The van der Waals surface area contributed by atoms with Crippen LogP contribution in [0.1, 0.15) is 50.8 Å². The van der Waals surface area contributed by atoms with Crippen molar-refractivity contribution < 1.29 is 14.5 Å². The highest BCUT2D eigenvalue weighted by Crippen LogP contribution is 2.20. The standard InChI is InChI=1S/C25H33N3O4S/c1-6-22(24(30)26-25(3,4)5)27(15-20-9-7-8-18(2)14-20)23(29)17-33-16-19-10-12-21(13-11-19)28(31)32/h7-14,22H,6,15-17H2,1-5H3,(H,26,30). The molecule has 0 spiro atoms. The topological polar surface area (TPSA) is 92.6 Å². The summed E-state index contributed by atoms with van der Waals surface area (Å²) in [6.45, 7) is 10.0. The van der Waals surface area contributed by atoms with Crippen LogP contribution in [0.15, 0.2) is 48.5 Å². The van der Waals surface area contributed by atoms with E-state index in [0.717, 1.165) is 16.7 Å². The van der Waals surface area contributed by atoms with Gasteiger partial charge in [-0.15, -0.1) is 11.8 Å². The molecule has 0 saturated heterocycles. The number of hydrogen-bond acceptors (Lipinski definition) is 5. The third-order valence-corrected chi connectivity index (χ3v) is 5.95. The molecule has 0 heterocycles. The molecule has 7 nitrogen and oxygen atoms in total. The van der Waals surface area contributed by atoms with Crippen molar-refractivity contribution in [3.63, 3.8) is 0 Å². The van der Waals surface area contributed by atoms with Gasteiger partial charge in [-0.3, -0.25) is 19.7 Å². The van der Waals surface area contributed by atoms with Gasteiger partial charge in [0.05, 0.1) is 10.7 Å². The van der Waals surface area contributed by atoms with E-state index >= 15 is 0 Å². The van der Waals surface area contributed by atoms with Crippen LogP contribution in [0.4, 0.5) is 5.69 Å². The second-order valence-corrected chi connectivity index (χ2v) is 10.1. The summed E-state index contributed by atoms with van der Waals surface area (Å²) in [6.07, 6.45) is 0.506. The monoisotopic (exact) mass is 471 g/mol. The maximum absolute atomic E-state index is 13.3. The van der Waals surface area contributed by atoms with Crippen LogP contribution in [0.5, 0.6) is 0 Å². The van der Waals surface area contributed by atoms with E-state index < -0.39 is 16.5 Å². The molecule has 0 aliphatic rings. The molecule has 0 fully saturated rings. The SMILES string of the molecule is CCC(C(=O)NC(C)(C)C)N(Cc1cccc(C)c1)C(=O)CSCc1ccc([N+](=O)[O-])cc1. The van der Waals surface area contributed by atoms with E-state index in [1.807, 2.05) is 58.9 Å². The normalized spacial score (nSPS) is 12.2. The number of nitro benzene ring substituents is 1. The zero-order chi connectivity index (χ0) is 24.6. The number of nitrogens with one attached hydrogen (secondary N) is 1. The number of amides is 2. The Bertz CT molecular complexity index is 970. The van der Waals surface area contributed by atoms with E-state index in [-0.39, 0.29) is 23.3 Å². The van der Waals surface area contributed by atoms with Gasteiger partial charge >= 0.3 is 0 Å². The van der Waals surface area contributed by atoms with Gasteiger partial charge in [-0.2, -0.15) is 0 Å². The average molecular weight is 472 g/mol. The van der Waals surface area contributed by atoms with Crippen LogP contribution in [0, 0.1) is 17.0 Å². The lowest BCUT2D eigenvalue weighted by Gasteiger charge is -2.33. The Morgan fingerprint density at radius 2 is 1.79 bits per heavy atom. The van der Waals surface area contributed by atoms with E-state index in [2.05, 4.69) is 5.32 Å². The maximum Gasteiger partial charge on any atom is 0.269 e. The highest BCUT2D eigenvalue weighted by atomic mass is 32.2. The summed E-state index contributed by atoms with van der Waals surface area (Å²) in [5.74, 6) is 0.487. The van der Waals surface area contributed by atoms with Gasteiger partial charge in [0.15, 0.2) is 0 Å². The van der Waals surface area contributed by atoms with Gasteiger partial charge in [-0.05, 0) is 45.2 Å². The molecule has 0 aromatic heterocycles. The molecule has 33 heavy (non-hydrogen) atoms. The highest BCUT2D eigenvalue weighted by Gasteiger charge is 2.30. The predicted octanol–water partition coefficient (Wildman–Crippen LogP) is 4.86. The molecule has 8 heteroatoms. The van der Waals surface area contributed by atoms with Gasteiger partial charge < -0.3 is 10.2 Å². The zero-order valence-corrected chi connectivity index (χ0v) is 20.8. The van der Waals surface area contributed by atoms with Crippen LogP contribution in [0.2, 0.25) is 0 Å². The van der Waals surface area contributed by atoms with Crippen molar-refractivity contribution in [2.45, 2.75) is 64.9 Å². The first-order chi connectivity index (χ1) is 15.5. The number of aryl methyl sites for hydroxylation is 1. The molecule has 0 radical (unpaired) electrons. The Morgan fingerprint density at radius 3 is 2.33 bits per heavy atom. The number of rotatable bonds is 10. The lowest BCUT2D eigenvalue weighted by molar-refractivity contribution is -0.384. The molecular weight excluding hydrogens is 438 g/mol. The van der Waals surface area contributed by atoms with Crippen LogP contribution in [-0.2, 0) is 21.9 Å². The Kier molecular flexibility index (Phi) is 9.46. The number of non-ortho nitro benzene ring substituents is 1. The first kappa shape index (κ1) is 26.4. The molecule has 1 N–H and O–H groups in total. The van der Waals surface area contributed by atoms with Crippen LogP contribution in [0.25, 0.3) is 0 Å². The van der Waals surface area contributed by atoms with Crippen molar-refractivity contribution in [3.05, 3.63) is 75.3 Å². The smallest absolute Gasteiger partial charge is 0.269 e. The minimum absolute atomic E-state index is 0.0415. The fourth-order valence-electron chi connectivity index (χ4n) is 3.43. The summed E-state index contributed by atoms with van der Waals surface area (Å²) in [6, 6.07) is 13.7. The molecule has 2 aromatic carbocycles. The quantitative estimate of drug-likeness (QED) is 0.395. The van der Waals surface area contributed by atoms with Gasteiger partial charge in [-0.1, -0.05) is 48.9 Å². The Morgan fingerprint density at radius 1 is 1.12 bits per heavy atom. The number of benzene rings is 2. The van der Waals surface area contributed by atoms with Gasteiger partial charge in [0.1, 0.15) is 6.04 Å². The molecule has 2 rings (SSSR count). The van der Waals surface area contributed by atoms with Crippen LogP contribution >= 0.6 is 11.8 Å². The summed E-state index contributed by atoms with van der Waals surface area (Å²) >= 11 is 1.43. The summed E-state index contributed by atoms with van der Waals surface area (Å²) in [4.78, 5) is 38.3. The number of carbonyl (C=O) groups is 2. The van der Waals surface area contributed by atoms with E-state index in [1.165, 1.54) is 23.9 Å². The van der Waals surface area contributed by atoms with E-state index in [9.17, 15) is 19.7 Å². The summed E-state index contributed by atoms with van der Waals surface area (Å²) in [7, 11) is 0. The molecule has 0 bridgehead atoms. The third-order valence-electron chi connectivity index (χ3n) is 4.96. The first-order valence-electron chi connectivity index (χ1n) is 11.0. The molecule has 2 amide bonds. The summed E-state index contributed by atoms with van der Waals surface area (Å²) < 4.78 is 0. The fraction of sp³-hybridized carbons (Fsp3) is 0.440. The predicted molar refractivity (Wildman–Crippen MR) is 133 cm³/mol. The minimum atomic E-state index is -0.572. The van der Waals surface area contributed by atoms with Crippen LogP contribution in [0.3, 0.4) is 0 Å². The maximum atomic E-state index is 13.3. The fourth-order valence-corrected chi connectivity index (χ4v) is 4.30. The van der Waals surface area contributed by atoms with Crippen LogP contribution in [-0.4, -0.2) is 39.0 Å². The van der Waals surface area contributed by atoms with Gasteiger partial charge in [-0.25, -0.2) is 0 Å². The number of carbonyl (C=O) groups excluding carboxylic acids is 2. The molecule has 1 unspecified atom stereocenters. The first-order valence-corrected chi connectivity index (χ1v) is 12.1.